The molecule has 0 bridgehead atoms. The Kier molecular flexibility index (Phi) is 8.72. The van der Waals surface area contributed by atoms with Crippen LogP contribution in [-0.4, -0.2) is 74.0 Å². The SMILES string of the molecule is CNc1nc(N)nc2c1ncn2[C@@H]1O[C@](F)(COP(=O)(N[C@H](C)C(=O)OC(C)C)Oc2cccc3ccccc23)[C@@H](O)[C@@]1(C)F. The van der Waals surface area contributed by atoms with Gasteiger partial charge in [-0.05, 0) is 39.1 Å². The van der Waals surface area contributed by atoms with Crippen molar-refractivity contribution in [1.29, 1.82) is 0 Å². The Hall–Kier alpha value is -3.95. The number of aromatic nitrogens is 4. The summed E-state index contributed by atoms with van der Waals surface area (Å²) < 4.78 is 69.7. The van der Waals surface area contributed by atoms with E-state index in [4.69, 9.17) is 24.3 Å². The predicted molar refractivity (Wildman–Crippen MR) is 161 cm³/mol. The predicted octanol–water partition coefficient (Wildman–Crippen LogP) is 4.02. The van der Waals surface area contributed by atoms with Gasteiger partial charge in [-0.2, -0.15) is 15.1 Å². The molecule has 1 aliphatic heterocycles. The van der Waals surface area contributed by atoms with Crippen LogP contribution in [0.5, 0.6) is 5.75 Å². The molecule has 6 atom stereocenters. The van der Waals surface area contributed by atoms with Crippen molar-refractivity contribution in [3.05, 3.63) is 48.8 Å². The number of fused-ring (bicyclic) bond motifs is 2. The molecule has 4 aromatic rings. The molecular formula is C28H34F2N7O7P. The van der Waals surface area contributed by atoms with Gasteiger partial charge in [-0.15, -0.1) is 0 Å². The molecule has 1 unspecified atom stereocenters. The maximum atomic E-state index is 16.4. The molecule has 5 N–H and O–H groups in total. The van der Waals surface area contributed by atoms with Crippen molar-refractivity contribution < 1.29 is 41.8 Å². The molecule has 0 saturated carbocycles. The first-order valence-corrected chi connectivity index (χ1v) is 15.5. The zero-order valence-electron chi connectivity index (χ0n) is 25.1. The second-order valence-electron chi connectivity index (χ2n) is 11.0. The number of hydrogen-bond acceptors (Lipinski definition) is 12. The van der Waals surface area contributed by atoms with Crippen LogP contribution in [0.3, 0.4) is 0 Å². The minimum atomic E-state index is -4.67. The zero-order chi connectivity index (χ0) is 32.7. The smallest absolute Gasteiger partial charge is 0.459 e. The third-order valence-electron chi connectivity index (χ3n) is 7.12. The summed E-state index contributed by atoms with van der Waals surface area (Å²) in [6.07, 6.45) is -3.62. The second kappa shape index (κ2) is 12.1. The van der Waals surface area contributed by atoms with Crippen molar-refractivity contribution in [2.24, 2.45) is 0 Å². The normalized spacial score (nSPS) is 25.4. The summed E-state index contributed by atoms with van der Waals surface area (Å²) in [6, 6.07) is 10.7. The highest BCUT2D eigenvalue weighted by Gasteiger charge is 2.65. The minimum absolute atomic E-state index is 0.00205. The van der Waals surface area contributed by atoms with Gasteiger partial charge < -0.3 is 30.2 Å². The van der Waals surface area contributed by atoms with Crippen molar-refractivity contribution in [1.82, 2.24) is 24.6 Å². The fraction of sp³-hybridized carbons (Fsp3) is 0.429. The van der Waals surface area contributed by atoms with E-state index >= 15 is 8.78 Å². The van der Waals surface area contributed by atoms with Gasteiger partial charge in [0.15, 0.2) is 35.0 Å². The molecule has 0 spiro atoms. The number of benzene rings is 2. The number of nitrogens with zero attached hydrogens (tertiary/aromatic N) is 4. The van der Waals surface area contributed by atoms with Crippen molar-refractivity contribution in [2.45, 2.75) is 63.7 Å². The van der Waals surface area contributed by atoms with E-state index in [1.165, 1.54) is 13.0 Å². The molecule has 0 radical (unpaired) electrons. The number of rotatable bonds is 11. The number of carbonyl (C=O) groups excluding carboxylic acids is 1. The van der Waals surface area contributed by atoms with Crippen molar-refractivity contribution in [3.63, 3.8) is 0 Å². The van der Waals surface area contributed by atoms with E-state index in [9.17, 15) is 14.5 Å². The monoisotopic (exact) mass is 649 g/mol. The highest BCUT2D eigenvalue weighted by Crippen LogP contribution is 2.52. The second-order valence-corrected chi connectivity index (χ2v) is 12.7. The summed E-state index contributed by atoms with van der Waals surface area (Å²) in [7, 11) is -3.10. The maximum Gasteiger partial charge on any atom is 0.459 e. The molecule has 1 aliphatic rings. The van der Waals surface area contributed by atoms with Crippen molar-refractivity contribution >= 4 is 47.4 Å². The molecule has 0 aliphatic carbocycles. The van der Waals surface area contributed by atoms with Crippen LogP contribution in [-0.2, 0) is 23.4 Å². The first-order chi connectivity index (χ1) is 21.2. The van der Waals surface area contributed by atoms with E-state index in [1.807, 2.05) is 0 Å². The fourth-order valence-corrected chi connectivity index (χ4v) is 6.46. The summed E-state index contributed by atoms with van der Waals surface area (Å²) >= 11 is 0. The number of anilines is 2. The van der Waals surface area contributed by atoms with Gasteiger partial charge in [-0.1, -0.05) is 36.4 Å². The zero-order valence-corrected chi connectivity index (χ0v) is 26.0. The van der Waals surface area contributed by atoms with Crippen LogP contribution in [0.2, 0.25) is 0 Å². The van der Waals surface area contributed by atoms with Gasteiger partial charge in [-0.3, -0.25) is 13.9 Å². The molecular weight excluding hydrogens is 615 g/mol. The Morgan fingerprint density at radius 1 is 1.20 bits per heavy atom. The molecule has 1 fully saturated rings. The van der Waals surface area contributed by atoms with E-state index < -0.39 is 56.3 Å². The van der Waals surface area contributed by atoms with Crippen LogP contribution in [0.1, 0.15) is 33.9 Å². The number of nitrogens with two attached hydrogens (primary N) is 1. The lowest BCUT2D eigenvalue weighted by molar-refractivity contribution is -0.202. The first kappa shape index (κ1) is 32.4. The molecule has 14 nitrogen and oxygen atoms in total. The summed E-state index contributed by atoms with van der Waals surface area (Å²) in [6.45, 7) is 4.26. The fourth-order valence-electron chi connectivity index (χ4n) is 4.93. The average Bonchev–Trinajstić information content (AvgIpc) is 3.48. The van der Waals surface area contributed by atoms with E-state index in [-0.39, 0.29) is 28.7 Å². The maximum absolute atomic E-state index is 16.4. The van der Waals surface area contributed by atoms with Crippen molar-refractivity contribution in [3.8, 4) is 5.75 Å². The molecule has 0 amide bonds. The number of aliphatic hydroxyl groups is 1. The van der Waals surface area contributed by atoms with Gasteiger partial charge in [0.1, 0.15) is 18.4 Å². The van der Waals surface area contributed by atoms with Gasteiger partial charge >= 0.3 is 13.7 Å². The largest absolute Gasteiger partial charge is 0.462 e. The Labute approximate surface area is 256 Å². The number of esters is 1. The number of nitrogens with one attached hydrogen (secondary N) is 2. The molecule has 5 rings (SSSR count). The van der Waals surface area contributed by atoms with E-state index in [1.54, 1.807) is 57.3 Å². The molecule has 3 heterocycles. The van der Waals surface area contributed by atoms with E-state index in [0.717, 1.165) is 23.2 Å². The quantitative estimate of drug-likeness (QED) is 0.135. The summed E-state index contributed by atoms with van der Waals surface area (Å²) in [5, 5.41) is 17.4. The lowest BCUT2D eigenvalue weighted by Crippen LogP contribution is -2.47. The molecule has 2 aromatic carbocycles. The van der Waals surface area contributed by atoms with Crippen LogP contribution in [0.25, 0.3) is 21.9 Å². The Bertz CT molecular complexity index is 1770. The Morgan fingerprint density at radius 3 is 2.62 bits per heavy atom. The molecule has 2 aromatic heterocycles. The van der Waals surface area contributed by atoms with Crippen LogP contribution < -0.4 is 20.7 Å². The van der Waals surface area contributed by atoms with Gasteiger partial charge in [0, 0.05) is 12.4 Å². The van der Waals surface area contributed by atoms with E-state index in [0.29, 0.717) is 5.39 Å². The van der Waals surface area contributed by atoms with Gasteiger partial charge in [0.25, 0.3) is 5.85 Å². The van der Waals surface area contributed by atoms with Crippen molar-refractivity contribution in [2.75, 3.05) is 24.7 Å². The number of ether oxygens (including phenoxy) is 2. The number of imidazole rings is 1. The number of carbonyl (C=O) groups is 1. The number of halogens is 2. The van der Waals surface area contributed by atoms with Crippen LogP contribution >= 0.6 is 7.75 Å². The number of alkyl halides is 2. The van der Waals surface area contributed by atoms with Crippen LogP contribution in [0, 0.1) is 0 Å². The molecule has 1 saturated heterocycles. The Morgan fingerprint density at radius 2 is 1.91 bits per heavy atom. The number of nitrogen functional groups attached to an aromatic ring is 1. The summed E-state index contributed by atoms with van der Waals surface area (Å²) in [5.41, 5.74) is 3.20. The van der Waals surface area contributed by atoms with Crippen LogP contribution in [0.4, 0.5) is 20.5 Å². The number of aliphatic hydroxyl groups excluding tert-OH is 1. The summed E-state index contributed by atoms with van der Waals surface area (Å²) in [4.78, 5) is 24.8. The topological polar surface area (TPSA) is 185 Å². The lowest BCUT2D eigenvalue weighted by atomic mass is 9.97. The lowest BCUT2D eigenvalue weighted by Gasteiger charge is -2.28. The van der Waals surface area contributed by atoms with E-state index in [2.05, 4.69) is 25.4 Å². The number of hydrogen-bond donors (Lipinski definition) is 4. The van der Waals surface area contributed by atoms with Gasteiger partial charge in [-0.25, -0.2) is 18.3 Å². The average molecular weight is 650 g/mol. The third-order valence-corrected chi connectivity index (χ3v) is 8.73. The molecule has 45 heavy (non-hydrogen) atoms. The Balaban J connectivity index is 1.45. The highest BCUT2D eigenvalue weighted by atomic mass is 31.2. The molecule has 242 valence electrons. The third kappa shape index (κ3) is 6.29. The first-order valence-electron chi connectivity index (χ1n) is 14.0. The minimum Gasteiger partial charge on any atom is -0.462 e. The standard InChI is InChI=1S/C28H34F2N7O7P/c1-15(2)42-23(38)16(3)36-45(40,44-19-12-8-10-17-9-6-7-11-18(17)19)41-13-28(30)24(39)27(4,29)25(43-28)37-14-33-20-21(32-5)34-26(31)35-22(20)37/h6-12,14-16,24-25,39H,13H2,1-5H3,(H,36,40)(H3,31,32,34,35)/t16-,24+,25-,27-,28-,45?/m1/s1. The highest BCUT2D eigenvalue weighted by molar-refractivity contribution is 7.52. The van der Waals surface area contributed by atoms with Crippen LogP contribution in [0.15, 0.2) is 48.8 Å². The molecule has 17 heteroatoms. The van der Waals surface area contributed by atoms with Gasteiger partial charge in [0.05, 0.1) is 12.4 Å². The van der Waals surface area contributed by atoms with Gasteiger partial charge in [0.2, 0.25) is 5.95 Å². The summed E-state index contributed by atoms with van der Waals surface area (Å²) in [5.74, 6) is -3.91.